The Balaban J connectivity index is 2.30. The zero-order chi connectivity index (χ0) is 15.0. The highest BCUT2D eigenvalue weighted by Gasteiger charge is 2.07. The number of hydrogen-bond donors (Lipinski definition) is 2. The van der Waals surface area contributed by atoms with E-state index in [9.17, 15) is 4.79 Å². The van der Waals surface area contributed by atoms with Crippen LogP contribution in [-0.2, 0) is 4.79 Å². The van der Waals surface area contributed by atoms with Crippen molar-refractivity contribution in [2.24, 2.45) is 5.92 Å². The van der Waals surface area contributed by atoms with Crippen LogP contribution in [0.3, 0.4) is 0 Å². The van der Waals surface area contributed by atoms with E-state index in [2.05, 4.69) is 24.5 Å². The van der Waals surface area contributed by atoms with Gasteiger partial charge in [-0.1, -0.05) is 44.9 Å². The van der Waals surface area contributed by atoms with Gasteiger partial charge in [-0.3, -0.25) is 4.79 Å². The van der Waals surface area contributed by atoms with Crippen molar-refractivity contribution in [3.05, 3.63) is 29.3 Å². The first-order valence-corrected chi connectivity index (χ1v) is 7.61. The second-order valence-corrected chi connectivity index (χ2v) is 5.67. The van der Waals surface area contributed by atoms with E-state index in [1.165, 1.54) is 12.8 Å². The van der Waals surface area contributed by atoms with Crippen molar-refractivity contribution in [3.8, 4) is 0 Å². The van der Waals surface area contributed by atoms with E-state index in [1.54, 1.807) is 0 Å². The maximum atomic E-state index is 11.9. The third-order valence-electron chi connectivity index (χ3n) is 3.63. The summed E-state index contributed by atoms with van der Waals surface area (Å²) in [5, 5.41) is 6.21. The van der Waals surface area contributed by atoms with Crippen LogP contribution in [0.5, 0.6) is 0 Å². The van der Waals surface area contributed by atoms with Gasteiger partial charge < -0.3 is 10.6 Å². The molecular formula is C17H28N2O. The van der Waals surface area contributed by atoms with Gasteiger partial charge in [0, 0.05) is 5.69 Å². The summed E-state index contributed by atoms with van der Waals surface area (Å²) in [7, 11) is 0. The van der Waals surface area contributed by atoms with Crippen LogP contribution in [0.15, 0.2) is 18.2 Å². The summed E-state index contributed by atoms with van der Waals surface area (Å²) in [5.74, 6) is 0.764. The number of rotatable bonds is 8. The Morgan fingerprint density at radius 2 is 1.85 bits per heavy atom. The average molecular weight is 276 g/mol. The molecule has 0 radical (unpaired) electrons. The fourth-order valence-electron chi connectivity index (χ4n) is 2.38. The molecule has 3 heteroatoms. The summed E-state index contributed by atoms with van der Waals surface area (Å²) < 4.78 is 0. The lowest BCUT2D eigenvalue weighted by atomic mass is 10.0. The van der Waals surface area contributed by atoms with Gasteiger partial charge in [-0.2, -0.15) is 0 Å². The molecule has 20 heavy (non-hydrogen) atoms. The molecule has 0 heterocycles. The van der Waals surface area contributed by atoms with Gasteiger partial charge in [0.15, 0.2) is 0 Å². The first-order valence-electron chi connectivity index (χ1n) is 7.61. The van der Waals surface area contributed by atoms with E-state index in [4.69, 9.17) is 0 Å². The van der Waals surface area contributed by atoms with E-state index < -0.39 is 0 Å². The second kappa shape index (κ2) is 8.75. The Kier molecular flexibility index (Phi) is 7.31. The zero-order valence-electron chi connectivity index (χ0n) is 13.3. The summed E-state index contributed by atoms with van der Waals surface area (Å²) in [6, 6.07) is 6.04. The van der Waals surface area contributed by atoms with Crippen molar-refractivity contribution in [2.45, 2.75) is 47.0 Å². The highest BCUT2D eigenvalue weighted by Crippen LogP contribution is 2.18. The largest absolute Gasteiger partial charge is 0.324 e. The maximum Gasteiger partial charge on any atom is 0.238 e. The molecule has 0 aromatic heterocycles. The number of benzene rings is 1. The topological polar surface area (TPSA) is 41.1 Å². The van der Waals surface area contributed by atoms with E-state index in [0.29, 0.717) is 6.54 Å². The number of para-hydroxylation sites is 1. The predicted octanol–water partition coefficient (Wildman–Crippen LogP) is 3.66. The first kappa shape index (κ1) is 16.7. The van der Waals surface area contributed by atoms with Gasteiger partial charge in [0.2, 0.25) is 5.91 Å². The molecule has 1 rings (SSSR count). The molecule has 1 aromatic rings. The standard InChI is InChI=1S/C17H28N2O/c1-5-7-13(2)10-11-18-12-16(20)19-17-14(3)8-6-9-15(17)4/h6,8-9,13,18H,5,7,10-12H2,1-4H3,(H,19,20)/t13-/m0/s1. The molecule has 0 aliphatic heterocycles. The highest BCUT2D eigenvalue weighted by atomic mass is 16.1. The van der Waals surface area contributed by atoms with Crippen molar-refractivity contribution in [1.82, 2.24) is 5.32 Å². The molecule has 0 saturated carbocycles. The van der Waals surface area contributed by atoms with E-state index in [-0.39, 0.29) is 5.91 Å². The molecule has 0 aliphatic carbocycles. The Morgan fingerprint density at radius 3 is 2.45 bits per heavy atom. The quantitative estimate of drug-likeness (QED) is 0.711. The molecule has 2 N–H and O–H groups in total. The molecule has 1 aromatic carbocycles. The van der Waals surface area contributed by atoms with Crippen LogP contribution in [0.4, 0.5) is 5.69 Å². The molecule has 0 aliphatic rings. The number of nitrogens with one attached hydrogen (secondary N) is 2. The van der Waals surface area contributed by atoms with Crippen LogP contribution in [0.2, 0.25) is 0 Å². The number of aryl methyl sites for hydroxylation is 2. The van der Waals surface area contributed by atoms with Gasteiger partial charge in [0.1, 0.15) is 0 Å². The molecule has 0 spiro atoms. The number of anilines is 1. The van der Waals surface area contributed by atoms with Crippen LogP contribution in [-0.4, -0.2) is 19.0 Å². The van der Waals surface area contributed by atoms with Gasteiger partial charge in [0.05, 0.1) is 6.54 Å². The van der Waals surface area contributed by atoms with Crippen LogP contribution in [0.25, 0.3) is 0 Å². The summed E-state index contributed by atoms with van der Waals surface area (Å²) in [6.45, 7) is 9.79. The molecule has 0 fully saturated rings. The van der Waals surface area contributed by atoms with Crippen molar-refractivity contribution >= 4 is 11.6 Å². The molecule has 112 valence electrons. The molecule has 3 nitrogen and oxygen atoms in total. The molecule has 1 amide bonds. The van der Waals surface area contributed by atoms with Gasteiger partial charge in [-0.05, 0) is 43.9 Å². The summed E-state index contributed by atoms with van der Waals surface area (Å²) in [5.41, 5.74) is 3.16. The Hall–Kier alpha value is -1.35. The molecule has 0 saturated heterocycles. The van der Waals surface area contributed by atoms with Crippen molar-refractivity contribution < 1.29 is 4.79 Å². The minimum absolute atomic E-state index is 0.0329. The maximum absolute atomic E-state index is 11.9. The zero-order valence-corrected chi connectivity index (χ0v) is 13.3. The normalized spacial score (nSPS) is 12.2. The van der Waals surface area contributed by atoms with Crippen LogP contribution in [0, 0.1) is 19.8 Å². The van der Waals surface area contributed by atoms with E-state index >= 15 is 0 Å². The van der Waals surface area contributed by atoms with Gasteiger partial charge in [-0.25, -0.2) is 0 Å². The predicted molar refractivity (Wildman–Crippen MR) is 86.1 cm³/mol. The average Bonchev–Trinajstić information content (AvgIpc) is 2.39. The fourth-order valence-corrected chi connectivity index (χ4v) is 2.38. The van der Waals surface area contributed by atoms with Crippen molar-refractivity contribution in [3.63, 3.8) is 0 Å². The van der Waals surface area contributed by atoms with E-state index in [0.717, 1.165) is 35.7 Å². The van der Waals surface area contributed by atoms with Crippen LogP contribution in [0.1, 0.15) is 44.2 Å². The number of carbonyl (C=O) groups is 1. The minimum Gasteiger partial charge on any atom is -0.324 e. The van der Waals surface area contributed by atoms with Gasteiger partial charge in [0.25, 0.3) is 0 Å². The Morgan fingerprint density at radius 1 is 1.20 bits per heavy atom. The second-order valence-electron chi connectivity index (χ2n) is 5.67. The number of hydrogen-bond acceptors (Lipinski definition) is 2. The highest BCUT2D eigenvalue weighted by molar-refractivity contribution is 5.93. The lowest BCUT2D eigenvalue weighted by molar-refractivity contribution is -0.115. The monoisotopic (exact) mass is 276 g/mol. The SMILES string of the molecule is CCC[C@H](C)CCNCC(=O)Nc1c(C)cccc1C. The summed E-state index contributed by atoms with van der Waals surface area (Å²) in [6.07, 6.45) is 3.62. The Bertz CT molecular complexity index is 409. The lowest BCUT2D eigenvalue weighted by Gasteiger charge is -2.13. The van der Waals surface area contributed by atoms with Crippen molar-refractivity contribution in [1.29, 1.82) is 0 Å². The number of amides is 1. The third kappa shape index (κ3) is 5.74. The van der Waals surface area contributed by atoms with Crippen molar-refractivity contribution in [2.75, 3.05) is 18.4 Å². The van der Waals surface area contributed by atoms with Crippen LogP contribution >= 0.6 is 0 Å². The van der Waals surface area contributed by atoms with E-state index in [1.807, 2.05) is 32.0 Å². The fraction of sp³-hybridized carbons (Fsp3) is 0.588. The lowest BCUT2D eigenvalue weighted by Crippen LogP contribution is -2.29. The van der Waals surface area contributed by atoms with Crippen LogP contribution < -0.4 is 10.6 Å². The summed E-state index contributed by atoms with van der Waals surface area (Å²) >= 11 is 0. The molecular weight excluding hydrogens is 248 g/mol. The smallest absolute Gasteiger partial charge is 0.238 e. The number of carbonyl (C=O) groups excluding carboxylic acids is 1. The Labute approximate surface area is 123 Å². The molecule has 1 atom stereocenters. The molecule has 0 bridgehead atoms. The first-order chi connectivity index (χ1) is 9.54. The van der Waals surface area contributed by atoms with Gasteiger partial charge in [-0.15, -0.1) is 0 Å². The summed E-state index contributed by atoms with van der Waals surface area (Å²) in [4.78, 5) is 11.9. The minimum atomic E-state index is 0.0329. The molecule has 0 unspecified atom stereocenters. The van der Waals surface area contributed by atoms with Gasteiger partial charge >= 0.3 is 0 Å². The third-order valence-corrected chi connectivity index (χ3v) is 3.63.